The van der Waals surface area contributed by atoms with E-state index < -0.39 is 6.10 Å². The Morgan fingerprint density at radius 1 is 1.47 bits per heavy atom. The lowest BCUT2D eigenvalue weighted by molar-refractivity contribution is 0.0550. The van der Waals surface area contributed by atoms with Gasteiger partial charge in [-0.25, -0.2) is 4.98 Å². The fourth-order valence-corrected chi connectivity index (χ4v) is 1.26. The molecule has 94 valence electrons. The van der Waals surface area contributed by atoms with E-state index in [0.717, 1.165) is 0 Å². The molecule has 17 heavy (non-hydrogen) atoms. The third kappa shape index (κ3) is 4.48. The van der Waals surface area contributed by atoms with Crippen molar-refractivity contribution in [3.63, 3.8) is 0 Å². The van der Waals surface area contributed by atoms with Gasteiger partial charge in [-0.2, -0.15) is 0 Å². The molecular weight excluding hydrogens is 218 g/mol. The third-order valence-electron chi connectivity index (χ3n) is 2.50. The van der Waals surface area contributed by atoms with Crippen LogP contribution in [0.15, 0.2) is 18.6 Å². The van der Waals surface area contributed by atoms with E-state index in [0.29, 0.717) is 13.0 Å². The lowest BCUT2D eigenvalue weighted by Gasteiger charge is -2.25. The summed E-state index contributed by atoms with van der Waals surface area (Å²) in [6.45, 7) is 6.31. The van der Waals surface area contributed by atoms with E-state index in [4.69, 9.17) is 0 Å². The van der Waals surface area contributed by atoms with Crippen molar-refractivity contribution in [2.24, 2.45) is 5.41 Å². The molecule has 0 spiro atoms. The lowest BCUT2D eigenvalue weighted by Crippen LogP contribution is -2.32. The van der Waals surface area contributed by atoms with Gasteiger partial charge in [0, 0.05) is 18.9 Å². The summed E-state index contributed by atoms with van der Waals surface area (Å²) < 4.78 is 0. The number of carbonyl (C=O) groups is 1. The molecule has 0 saturated heterocycles. The van der Waals surface area contributed by atoms with Gasteiger partial charge in [0.05, 0.1) is 12.3 Å². The van der Waals surface area contributed by atoms with Crippen LogP contribution in [0.1, 0.15) is 37.7 Å². The number of carbonyl (C=O) groups excluding carboxylic acids is 1. The molecule has 1 aromatic rings. The molecular formula is C12H19N3O2. The highest BCUT2D eigenvalue weighted by Crippen LogP contribution is 2.20. The fourth-order valence-electron chi connectivity index (χ4n) is 1.26. The van der Waals surface area contributed by atoms with Gasteiger partial charge in [0.2, 0.25) is 0 Å². The van der Waals surface area contributed by atoms with Gasteiger partial charge in [-0.3, -0.25) is 9.78 Å². The Kier molecular flexibility index (Phi) is 4.57. The molecule has 0 fully saturated rings. The van der Waals surface area contributed by atoms with Crippen LogP contribution in [-0.2, 0) is 0 Å². The monoisotopic (exact) mass is 237 g/mol. The average molecular weight is 237 g/mol. The summed E-state index contributed by atoms with van der Waals surface area (Å²) in [7, 11) is 0. The highest BCUT2D eigenvalue weighted by atomic mass is 16.3. The van der Waals surface area contributed by atoms with Gasteiger partial charge >= 0.3 is 0 Å². The number of rotatable bonds is 4. The minimum absolute atomic E-state index is 0.169. The van der Waals surface area contributed by atoms with Gasteiger partial charge in [0.25, 0.3) is 5.91 Å². The molecule has 0 radical (unpaired) electrons. The number of amides is 1. The van der Waals surface area contributed by atoms with Crippen LogP contribution in [0.3, 0.4) is 0 Å². The molecule has 1 atom stereocenters. The van der Waals surface area contributed by atoms with Crippen molar-refractivity contribution in [2.75, 3.05) is 6.54 Å². The minimum atomic E-state index is -0.440. The highest BCUT2D eigenvalue weighted by molar-refractivity contribution is 5.91. The zero-order chi connectivity index (χ0) is 12.9. The lowest BCUT2D eigenvalue weighted by atomic mass is 9.87. The predicted molar refractivity (Wildman–Crippen MR) is 64.4 cm³/mol. The van der Waals surface area contributed by atoms with E-state index in [-0.39, 0.29) is 17.0 Å². The van der Waals surface area contributed by atoms with E-state index in [1.807, 2.05) is 20.8 Å². The van der Waals surface area contributed by atoms with Crippen molar-refractivity contribution in [3.8, 4) is 0 Å². The summed E-state index contributed by atoms with van der Waals surface area (Å²) in [5.74, 6) is -0.265. The van der Waals surface area contributed by atoms with E-state index in [9.17, 15) is 9.90 Å². The topological polar surface area (TPSA) is 75.1 Å². The molecule has 1 rings (SSSR count). The molecule has 0 aliphatic carbocycles. The van der Waals surface area contributed by atoms with Crippen molar-refractivity contribution in [1.82, 2.24) is 15.3 Å². The fraction of sp³-hybridized carbons (Fsp3) is 0.583. The average Bonchev–Trinajstić information content (AvgIpc) is 2.28. The Morgan fingerprint density at radius 3 is 2.71 bits per heavy atom. The highest BCUT2D eigenvalue weighted by Gasteiger charge is 2.21. The minimum Gasteiger partial charge on any atom is -0.393 e. The van der Waals surface area contributed by atoms with E-state index in [1.54, 1.807) is 0 Å². The Hall–Kier alpha value is -1.49. The van der Waals surface area contributed by atoms with Gasteiger partial charge < -0.3 is 10.4 Å². The van der Waals surface area contributed by atoms with E-state index in [1.165, 1.54) is 18.6 Å². The number of nitrogens with zero attached hydrogens (tertiary/aromatic N) is 2. The van der Waals surface area contributed by atoms with Crippen molar-refractivity contribution < 1.29 is 9.90 Å². The van der Waals surface area contributed by atoms with Crippen LogP contribution in [0, 0.1) is 5.41 Å². The number of aliphatic hydroxyl groups is 1. The molecule has 0 aliphatic heterocycles. The van der Waals surface area contributed by atoms with Gasteiger partial charge in [-0.15, -0.1) is 0 Å². The second-order valence-electron chi connectivity index (χ2n) is 5.02. The molecule has 2 N–H and O–H groups in total. The number of aliphatic hydroxyl groups excluding tert-OH is 1. The maximum atomic E-state index is 11.6. The van der Waals surface area contributed by atoms with Crippen molar-refractivity contribution in [1.29, 1.82) is 0 Å². The van der Waals surface area contributed by atoms with Crippen molar-refractivity contribution in [3.05, 3.63) is 24.3 Å². The van der Waals surface area contributed by atoms with Crippen LogP contribution in [0.5, 0.6) is 0 Å². The van der Waals surface area contributed by atoms with Crippen LogP contribution in [0.4, 0.5) is 0 Å². The zero-order valence-corrected chi connectivity index (χ0v) is 10.5. The van der Waals surface area contributed by atoms with Gasteiger partial charge in [0.1, 0.15) is 5.69 Å². The number of hydrogen-bond donors (Lipinski definition) is 2. The van der Waals surface area contributed by atoms with Crippen LogP contribution < -0.4 is 5.32 Å². The van der Waals surface area contributed by atoms with Gasteiger partial charge in [-0.05, 0) is 11.8 Å². The second-order valence-corrected chi connectivity index (χ2v) is 5.02. The standard InChI is InChI=1S/C12H19N3O2/c1-12(2,3)10(16)4-5-15-11(17)9-8-13-6-7-14-9/h6-8,10,16H,4-5H2,1-3H3,(H,15,17)/t10-/m0/s1. The SMILES string of the molecule is CC(C)(C)[C@@H](O)CCNC(=O)c1cnccn1. The van der Waals surface area contributed by atoms with Gasteiger partial charge in [0.15, 0.2) is 0 Å². The van der Waals surface area contributed by atoms with E-state index in [2.05, 4.69) is 15.3 Å². The number of hydrogen-bond acceptors (Lipinski definition) is 4. The first-order chi connectivity index (χ1) is 7.91. The first kappa shape index (κ1) is 13.6. The Labute approximate surface area is 101 Å². The first-order valence-electron chi connectivity index (χ1n) is 5.63. The number of aromatic nitrogens is 2. The quantitative estimate of drug-likeness (QED) is 0.819. The Morgan fingerprint density at radius 2 is 2.18 bits per heavy atom. The zero-order valence-electron chi connectivity index (χ0n) is 10.5. The second kappa shape index (κ2) is 5.72. The largest absolute Gasteiger partial charge is 0.393 e. The Balaban J connectivity index is 2.35. The van der Waals surface area contributed by atoms with Crippen LogP contribution in [0.2, 0.25) is 0 Å². The predicted octanol–water partition coefficient (Wildman–Crippen LogP) is 1.00. The molecule has 0 aromatic carbocycles. The number of nitrogens with one attached hydrogen (secondary N) is 1. The molecule has 5 nitrogen and oxygen atoms in total. The molecule has 0 bridgehead atoms. The molecule has 0 unspecified atom stereocenters. The molecule has 5 heteroatoms. The summed E-state index contributed by atoms with van der Waals surface area (Å²) in [6, 6.07) is 0. The van der Waals surface area contributed by atoms with E-state index >= 15 is 0 Å². The molecule has 1 heterocycles. The van der Waals surface area contributed by atoms with Crippen LogP contribution in [-0.4, -0.2) is 33.6 Å². The summed E-state index contributed by atoms with van der Waals surface area (Å²) in [5, 5.41) is 12.5. The molecule has 0 aliphatic rings. The summed E-state index contributed by atoms with van der Waals surface area (Å²) in [5.41, 5.74) is 0.120. The summed E-state index contributed by atoms with van der Waals surface area (Å²) in [4.78, 5) is 19.3. The molecule has 1 aromatic heterocycles. The van der Waals surface area contributed by atoms with Gasteiger partial charge in [-0.1, -0.05) is 20.8 Å². The molecule has 0 saturated carbocycles. The smallest absolute Gasteiger partial charge is 0.271 e. The van der Waals surface area contributed by atoms with Crippen LogP contribution in [0.25, 0.3) is 0 Å². The first-order valence-corrected chi connectivity index (χ1v) is 5.63. The normalized spacial score (nSPS) is 13.2. The summed E-state index contributed by atoms with van der Waals surface area (Å²) >= 11 is 0. The molecule has 1 amide bonds. The third-order valence-corrected chi connectivity index (χ3v) is 2.50. The summed E-state index contributed by atoms with van der Waals surface area (Å²) in [6.07, 6.45) is 4.48. The Bertz CT molecular complexity index is 360. The maximum Gasteiger partial charge on any atom is 0.271 e. The maximum absolute atomic E-state index is 11.6. The van der Waals surface area contributed by atoms with Crippen molar-refractivity contribution in [2.45, 2.75) is 33.3 Å². The van der Waals surface area contributed by atoms with Crippen LogP contribution >= 0.6 is 0 Å². The van der Waals surface area contributed by atoms with Crippen molar-refractivity contribution >= 4 is 5.91 Å².